The Hall–Kier alpha value is -4.59. The summed E-state index contributed by atoms with van der Waals surface area (Å²) in [6.07, 6.45) is 4.25. The number of carbonyl (C=O) groups excluding carboxylic acids is 1. The van der Waals surface area contributed by atoms with Crippen LogP contribution in [0.4, 0.5) is 9.18 Å². The molecule has 8 heteroatoms. The Morgan fingerprint density at radius 2 is 1.95 bits per heavy atom. The Balaban J connectivity index is 1.53. The largest absolute Gasteiger partial charge is 0.467 e. The Labute approximate surface area is 213 Å². The fourth-order valence-corrected chi connectivity index (χ4v) is 5.05. The molecule has 1 atom stereocenters. The van der Waals surface area contributed by atoms with E-state index in [4.69, 9.17) is 9.52 Å². The van der Waals surface area contributed by atoms with Crippen LogP contribution in [0.1, 0.15) is 41.2 Å². The molecule has 0 fully saturated rings. The summed E-state index contributed by atoms with van der Waals surface area (Å²) in [6.45, 7) is 2.61. The number of amides is 2. The zero-order chi connectivity index (χ0) is 25.4. The van der Waals surface area contributed by atoms with E-state index in [1.165, 1.54) is 12.1 Å². The van der Waals surface area contributed by atoms with Crippen LogP contribution in [0.25, 0.3) is 11.5 Å². The molecular weight excluding hydrogens is 469 g/mol. The molecule has 2 aromatic carbocycles. The summed E-state index contributed by atoms with van der Waals surface area (Å²) in [4.78, 5) is 15.5. The van der Waals surface area contributed by atoms with Crippen LogP contribution >= 0.6 is 0 Å². The number of aromatic nitrogens is 3. The van der Waals surface area contributed by atoms with Gasteiger partial charge < -0.3 is 19.2 Å². The first-order valence-electron chi connectivity index (χ1n) is 12.3. The van der Waals surface area contributed by atoms with Gasteiger partial charge in [-0.25, -0.2) is 13.9 Å². The third kappa shape index (κ3) is 4.10. The van der Waals surface area contributed by atoms with Gasteiger partial charge in [-0.1, -0.05) is 37.3 Å². The molecule has 1 aliphatic rings. The van der Waals surface area contributed by atoms with E-state index in [1.807, 2.05) is 65.5 Å². The van der Waals surface area contributed by atoms with Gasteiger partial charge in [0, 0.05) is 11.8 Å². The SMILES string of the molecule is CCc1nn(-c2ccccc2)c2c1CN(C(=O)NCc1ccco1)[C@@H](c1cccc(F)c1)c1cccn1-2. The molecule has 37 heavy (non-hydrogen) atoms. The maximum absolute atomic E-state index is 14.4. The fraction of sp³-hybridized carbons (Fsp3) is 0.172. The van der Waals surface area contributed by atoms with E-state index in [9.17, 15) is 9.18 Å². The highest BCUT2D eigenvalue weighted by Gasteiger charge is 2.36. The average molecular weight is 496 g/mol. The van der Waals surface area contributed by atoms with Gasteiger partial charge in [0.05, 0.1) is 42.5 Å². The molecule has 1 N–H and O–H groups in total. The van der Waals surface area contributed by atoms with E-state index >= 15 is 0 Å². The molecule has 6 rings (SSSR count). The lowest BCUT2D eigenvalue weighted by molar-refractivity contribution is 0.179. The predicted molar refractivity (Wildman–Crippen MR) is 137 cm³/mol. The van der Waals surface area contributed by atoms with Gasteiger partial charge in [-0.2, -0.15) is 5.10 Å². The summed E-state index contributed by atoms with van der Waals surface area (Å²) in [7, 11) is 0. The van der Waals surface area contributed by atoms with Crippen molar-refractivity contribution in [2.75, 3.05) is 0 Å². The van der Waals surface area contributed by atoms with Crippen LogP contribution in [0.2, 0.25) is 0 Å². The van der Waals surface area contributed by atoms with E-state index in [1.54, 1.807) is 23.3 Å². The molecule has 186 valence electrons. The molecule has 3 aromatic heterocycles. The third-order valence-electron chi connectivity index (χ3n) is 6.72. The fourth-order valence-electron chi connectivity index (χ4n) is 5.05. The van der Waals surface area contributed by atoms with Gasteiger partial charge in [0.2, 0.25) is 0 Å². The van der Waals surface area contributed by atoms with E-state index in [0.717, 1.165) is 28.5 Å². The lowest BCUT2D eigenvalue weighted by Gasteiger charge is -2.31. The normalized spacial score (nSPS) is 14.6. The number of halogens is 1. The molecule has 0 radical (unpaired) electrons. The highest BCUT2D eigenvalue weighted by atomic mass is 19.1. The maximum Gasteiger partial charge on any atom is 0.318 e. The summed E-state index contributed by atoms with van der Waals surface area (Å²) in [6, 6.07) is 23.1. The summed E-state index contributed by atoms with van der Waals surface area (Å²) in [5.41, 5.74) is 4.32. The van der Waals surface area contributed by atoms with Crippen LogP contribution in [0.15, 0.2) is 95.7 Å². The monoisotopic (exact) mass is 495 g/mol. The first kappa shape index (κ1) is 22.8. The van der Waals surface area contributed by atoms with Crippen LogP contribution in [0, 0.1) is 5.82 Å². The van der Waals surface area contributed by atoms with Crippen molar-refractivity contribution in [1.82, 2.24) is 24.6 Å². The minimum absolute atomic E-state index is 0.246. The number of furan rings is 1. The highest BCUT2D eigenvalue weighted by molar-refractivity contribution is 5.76. The Kier molecular flexibility index (Phi) is 5.84. The lowest BCUT2D eigenvalue weighted by Crippen LogP contribution is -2.41. The van der Waals surface area contributed by atoms with Crippen molar-refractivity contribution in [3.8, 4) is 11.5 Å². The maximum atomic E-state index is 14.4. The average Bonchev–Trinajstić information content (AvgIpc) is 3.66. The predicted octanol–water partition coefficient (Wildman–Crippen LogP) is 5.77. The number of aryl methyl sites for hydroxylation is 1. The van der Waals surface area contributed by atoms with Gasteiger partial charge in [-0.3, -0.25) is 0 Å². The summed E-state index contributed by atoms with van der Waals surface area (Å²) in [5, 5.41) is 7.95. The zero-order valence-electron chi connectivity index (χ0n) is 20.3. The van der Waals surface area contributed by atoms with Gasteiger partial charge in [0.25, 0.3) is 0 Å². The number of urea groups is 1. The van der Waals surface area contributed by atoms with Crippen molar-refractivity contribution in [3.05, 3.63) is 125 Å². The topological polar surface area (TPSA) is 68.2 Å². The van der Waals surface area contributed by atoms with Crippen LogP contribution in [-0.4, -0.2) is 25.3 Å². The number of rotatable bonds is 5. The summed E-state index contributed by atoms with van der Waals surface area (Å²) >= 11 is 0. The number of benzene rings is 2. The Morgan fingerprint density at radius 1 is 1.08 bits per heavy atom. The van der Waals surface area contributed by atoms with Gasteiger partial charge in [0.15, 0.2) is 0 Å². The molecule has 7 nitrogen and oxygen atoms in total. The molecule has 4 heterocycles. The number of nitrogens with zero attached hydrogens (tertiary/aromatic N) is 4. The van der Waals surface area contributed by atoms with Crippen molar-refractivity contribution >= 4 is 6.03 Å². The number of fused-ring (bicyclic) bond motifs is 3. The van der Waals surface area contributed by atoms with Crippen molar-refractivity contribution in [1.29, 1.82) is 0 Å². The molecule has 1 aliphatic heterocycles. The molecule has 0 unspecified atom stereocenters. The second-order valence-corrected chi connectivity index (χ2v) is 8.98. The van der Waals surface area contributed by atoms with Gasteiger partial charge in [-0.05, 0) is 60.5 Å². The summed E-state index contributed by atoms with van der Waals surface area (Å²) < 4.78 is 23.9. The Morgan fingerprint density at radius 3 is 2.70 bits per heavy atom. The van der Waals surface area contributed by atoms with Crippen molar-refractivity contribution in [3.63, 3.8) is 0 Å². The van der Waals surface area contributed by atoms with Crippen LogP contribution in [-0.2, 0) is 19.5 Å². The van der Waals surface area contributed by atoms with E-state index in [2.05, 4.69) is 16.8 Å². The van der Waals surface area contributed by atoms with Crippen molar-refractivity contribution in [2.45, 2.75) is 32.5 Å². The molecule has 0 saturated carbocycles. The highest BCUT2D eigenvalue weighted by Crippen LogP contribution is 2.38. The minimum Gasteiger partial charge on any atom is -0.467 e. The minimum atomic E-state index is -0.524. The second-order valence-electron chi connectivity index (χ2n) is 8.98. The van der Waals surface area contributed by atoms with Crippen LogP contribution in [0.3, 0.4) is 0 Å². The first-order chi connectivity index (χ1) is 18.1. The van der Waals surface area contributed by atoms with Crippen molar-refractivity contribution < 1.29 is 13.6 Å². The molecular formula is C29H26FN5O2. The number of nitrogens with one attached hydrogen (secondary N) is 1. The third-order valence-corrected chi connectivity index (χ3v) is 6.72. The molecule has 0 bridgehead atoms. The molecule has 0 aliphatic carbocycles. The van der Waals surface area contributed by atoms with Crippen LogP contribution in [0.5, 0.6) is 0 Å². The molecule has 5 aromatic rings. The van der Waals surface area contributed by atoms with E-state index in [0.29, 0.717) is 24.3 Å². The first-order valence-corrected chi connectivity index (χ1v) is 12.3. The number of para-hydroxylation sites is 1. The number of hydrogen-bond donors (Lipinski definition) is 1. The lowest BCUT2D eigenvalue weighted by atomic mass is 10.0. The van der Waals surface area contributed by atoms with Crippen LogP contribution < -0.4 is 5.32 Å². The standard InChI is InChI=1S/C29H26FN5O2/c1-2-25-24-19-34(29(36)31-18-23-13-8-16-37-23)27(20-9-6-10-21(30)17-20)26-14-7-15-33(26)28(24)35(32-25)22-11-4-3-5-12-22/h3-17,27H,2,18-19H2,1H3,(H,31,36)/t27-/m0/s1. The van der Waals surface area contributed by atoms with Gasteiger partial charge >= 0.3 is 6.03 Å². The van der Waals surface area contributed by atoms with E-state index in [-0.39, 0.29) is 18.4 Å². The zero-order valence-corrected chi connectivity index (χ0v) is 20.3. The molecule has 0 spiro atoms. The van der Waals surface area contributed by atoms with Gasteiger partial charge in [0.1, 0.15) is 17.4 Å². The van der Waals surface area contributed by atoms with Crippen molar-refractivity contribution in [2.24, 2.45) is 0 Å². The quantitative estimate of drug-likeness (QED) is 0.337. The summed E-state index contributed by atoms with van der Waals surface area (Å²) in [5.74, 6) is 1.18. The number of hydrogen-bond acceptors (Lipinski definition) is 3. The van der Waals surface area contributed by atoms with Gasteiger partial charge in [-0.15, -0.1) is 0 Å². The number of carbonyl (C=O) groups is 1. The molecule has 2 amide bonds. The second kappa shape index (κ2) is 9.46. The molecule has 0 saturated heterocycles. The smallest absolute Gasteiger partial charge is 0.318 e. The Bertz CT molecular complexity index is 1540. The van der Waals surface area contributed by atoms with E-state index < -0.39 is 6.04 Å².